The number of amides is 1. The first-order chi connectivity index (χ1) is 14.0. The smallest absolute Gasteiger partial charge is 0.264 e. The number of sulfonamides is 1. The van der Waals surface area contributed by atoms with Gasteiger partial charge >= 0.3 is 0 Å². The van der Waals surface area contributed by atoms with Crippen LogP contribution in [-0.2, 0) is 16.6 Å². The largest absolute Gasteiger partial charge is 0.352 e. The predicted octanol–water partition coefficient (Wildman–Crippen LogP) is 2.92. The van der Waals surface area contributed by atoms with E-state index in [2.05, 4.69) is 10.3 Å². The van der Waals surface area contributed by atoms with Crippen molar-refractivity contribution in [3.8, 4) is 0 Å². The first-order valence-electron chi connectivity index (χ1n) is 9.36. The fourth-order valence-corrected chi connectivity index (χ4v) is 4.12. The second kappa shape index (κ2) is 9.38. The van der Waals surface area contributed by atoms with Gasteiger partial charge in [-0.3, -0.25) is 9.10 Å². The molecule has 3 rings (SSSR count). The average molecular weight is 413 g/mol. The molecule has 0 aliphatic carbocycles. The van der Waals surface area contributed by atoms with E-state index in [-0.39, 0.29) is 10.8 Å². The highest BCUT2D eigenvalue weighted by Crippen LogP contribution is 2.22. The summed E-state index contributed by atoms with van der Waals surface area (Å²) in [6, 6.07) is 14.9. The molecule has 1 heterocycles. The minimum atomic E-state index is -3.76. The summed E-state index contributed by atoms with van der Waals surface area (Å²) in [7, 11) is -2.26. The van der Waals surface area contributed by atoms with Gasteiger partial charge in [0.2, 0.25) is 0 Å². The number of anilines is 1. The minimum absolute atomic E-state index is 0.0802. The van der Waals surface area contributed by atoms with E-state index >= 15 is 0 Å². The van der Waals surface area contributed by atoms with Crippen LogP contribution < -0.4 is 9.62 Å². The van der Waals surface area contributed by atoms with Gasteiger partial charge in [-0.15, -0.1) is 0 Å². The van der Waals surface area contributed by atoms with Crippen molar-refractivity contribution in [2.24, 2.45) is 0 Å². The Hall–Kier alpha value is -3.13. The average Bonchev–Trinajstić information content (AvgIpc) is 3.27. The number of unbranched alkanes of at least 4 members (excludes halogenated alkanes) is 1. The van der Waals surface area contributed by atoms with Gasteiger partial charge in [0.1, 0.15) is 0 Å². The lowest BCUT2D eigenvalue weighted by molar-refractivity contribution is 0.0952. The van der Waals surface area contributed by atoms with Crippen molar-refractivity contribution in [1.29, 1.82) is 0 Å². The van der Waals surface area contributed by atoms with Crippen LogP contribution >= 0.6 is 0 Å². The molecule has 0 spiro atoms. The zero-order valence-corrected chi connectivity index (χ0v) is 17.0. The third-order valence-electron chi connectivity index (χ3n) is 4.56. The molecule has 8 heteroatoms. The highest BCUT2D eigenvalue weighted by molar-refractivity contribution is 7.92. The topological polar surface area (TPSA) is 84.3 Å². The molecule has 0 unspecified atom stereocenters. The number of hydrogen-bond acceptors (Lipinski definition) is 4. The van der Waals surface area contributed by atoms with E-state index in [9.17, 15) is 13.2 Å². The Balaban J connectivity index is 1.60. The lowest BCUT2D eigenvalue weighted by Crippen LogP contribution is -2.28. The predicted molar refractivity (Wildman–Crippen MR) is 112 cm³/mol. The molecule has 2 aromatic carbocycles. The Bertz CT molecular complexity index is 1030. The van der Waals surface area contributed by atoms with Crippen LogP contribution in [0.15, 0.2) is 78.2 Å². The Morgan fingerprint density at radius 3 is 2.62 bits per heavy atom. The molecule has 1 aromatic heterocycles. The van der Waals surface area contributed by atoms with Crippen LogP contribution in [0.4, 0.5) is 5.69 Å². The van der Waals surface area contributed by atoms with Crippen molar-refractivity contribution in [3.05, 3.63) is 78.9 Å². The maximum atomic E-state index is 12.9. The normalized spacial score (nSPS) is 11.2. The van der Waals surface area contributed by atoms with Crippen LogP contribution in [0.5, 0.6) is 0 Å². The Morgan fingerprint density at radius 1 is 1.10 bits per heavy atom. The van der Waals surface area contributed by atoms with E-state index in [1.807, 2.05) is 16.8 Å². The third kappa shape index (κ3) is 5.23. The molecule has 0 fully saturated rings. The Labute approximate surface area is 171 Å². The number of carbonyl (C=O) groups excluding carboxylic acids is 1. The molecule has 152 valence electrons. The van der Waals surface area contributed by atoms with Crippen molar-refractivity contribution < 1.29 is 13.2 Å². The summed E-state index contributed by atoms with van der Waals surface area (Å²) in [5, 5.41) is 2.85. The molecular formula is C21H24N4O3S. The van der Waals surface area contributed by atoms with Crippen LogP contribution in [-0.4, -0.2) is 37.5 Å². The van der Waals surface area contributed by atoms with Gasteiger partial charge in [-0.25, -0.2) is 13.4 Å². The molecule has 0 saturated carbocycles. The number of aryl methyl sites for hydroxylation is 1. The van der Waals surface area contributed by atoms with Crippen LogP contribution in [0.3, 0.4) is 0 Å². The summed E-state index contributed by atoms with van der Waals surface area (Å²) in [6.45, 7) is 1.36. The van der Waals surface area contributed by atoms with Gasteiger partial charge in [0, 0.05) is 38.1 Å². The molecule has 1 amide bonds. The van der Waals surface area contributed by atoms with Crippen LogP contribution in [0.1, 0.15) is 23.2 Å². The van der Waals surface area contributed by atoms with Gasteiger partial charge in [0.15, 0.2) is 0 Å². The number of aromatic nitrogens is 2. The maximum absolute atomic E-state index is 12.9. The first kappa shape index (κ1) is 20.6. The van der Waals surface area contributed by atoms with Crippen LogP contribution in [0.2, 0.25) is 0 Å². The number of para-hydroxylation sites is 1. The molecular weight excluding hydrogens is 388 g/mol. The Morgan fingerprint density at radius 2 is 1.90 bits per heavy atom. The quantitative estimate of drug-likeness (QED) is 0.548. The van der Waals surface area contributed by atoms with Gasteiger partial charge < -0.3 is 9.88 Å². The standard InChI is InChI=1S/C21H24N4O3S/c1-24(19-9-3-2-4-10-19)29(27,28)20-11-7-8-18(16-20)21(26)23-12-5-6-14-25-15-13-22-17-25/h2-4,7-11,13,15-17H,5-6,12,14H2,1H3,(H,23,26). The molecule has 0 aliphatic heterocycles. The molecule has 3 aromatic rings. The highest BCUT2D eigenvalue weighted by Gasteiger charge is 2.22. The summed E-state index contributed by atoms with van der Waals surface area (Å²) in [5.41, 5.74) is 0.877. The number of benzene rings is 2. The molecule has 0 saturated heterocycles. The highest BCUT2D eigenvalue weighted by atomic mass is 32.2. The van der Waals surface area contributed by atoms with Gasteiger partial charge in [-0.05, 0) is 43.2 Å². The van der Waals surface area contributed by atoms with E-state index in [0.29, 0.717) is 17.8 Å². The maximum Gasteiger partial charge on any atom is 0.264 e. The summed E-state index contributed by atoms with van der Waals surface area (Å²) in [4.78, 5) is 16.5. The number of hydrogen-bond donors (Lipinski definition) is 1. The summed E-state index contributed by atoms with van der Waals surface area (Å²) in [6.07, 6.45) is 7.12. The van der Waals surface area contributed by atoms with E-state index < -0.39 is 10.0 Å². The van der Waals surface area contributed by atoms with E-state index in [0.717, 1.165) is 19.4 Å². The number of imidazole rings is 1. The van der Waals surface area contributed by atoms with Gasteiger partial charge in [-0.1, -0.05) is 24.3 Å². The van der Waals surface area contributed by atoms with Crippen LogP contribution in [0, 0.1) is 0 Å². The first-order valence-corrected chi connectivity index (χ1v) is 10.8. The molecule has 0 radical (unpaired) electrons. The monoisotopic (exact) mass is 412 g/mol. The molecule has 29 heavy (non-hydrogen) atoms. The van der Waals surface area contributed by atoms with Crippen molar-refractivity contribution in [3.63, 3.8) is 0 Å². The second-order valence-electron chi connectivity index (χ2n) is 6.60. The number of carbonyl (C=O) groups is 1. The van der Waals surface area contributed by atoms with Crippen molar-refractivity contribution in [1.82, 2.24) is 14.9 Å². The minimum Gasteiger partial charge on any atom is -0.352 e. The molecule has 7 nitrogen and oxygen atoms in total. The van der Waals surface area contributed by atoms with Crippen molar-refractivity contribution in [2.75, 3.05) is 17.9 Å². The summed E-state index contributed by atoms with van der Waals surface area (Å²) < 4.78 is 29.0. The van der Waals surface area contributed by atoms with Gasteiger partial charge in [-0.2, -0.15) is 0 Å². The van der Waals surface area contributed by atoms with E-state index in [4.69, 9.17) is 0 Å². The van der Waals surface area contributed by atoms with E-state index in [1.165, 1.54) is 23.5 Å². The van der Waals surface area contributed by atoms with E-state index in [1.54, 1.807) is 48.9 Å². The number of nitrogens with zero attached hydrogens (tertiary/aromatic N) is 3. The number of rotatable bonds is 9. The fraction of sp³-hybridized carbons (Fsp3) is 0.238. The van der Waals surface area contributed by atoms with Crippen molar-refractivity contribution >= 4 is 21.6 Å². The van der Waals surface area contributed by atoms with Crippen LogP contribution in [0.25, 0.3) is 0 Å². The fourth-order valence-electron chi connectivity index (χ4n) is 2.87. The van der Waals surface area contributed by atoms with Gasteiger partial charge in [0.25, 0.3) is 15.9 Å². The molecule has 0 aliphatic rings. The lowest BCUT2D eigenvalue weighted by atomic mass is 10.2. The molecule has 0 atom stereocenters. The second-order valence-corrected chi connectivity index (χ2v) is 8.57. The SMILES string of the molecule is CN(c1ccccc1)S(=O)(=O)c1cccc(C(=O)NCCCCn2ccnc2)c1. The van der Waals surface area contributed by atoms with Gasteiger partial charge in [0.05, 0.1) is 16.9 Å². The summed E-state index contributed by atoms with van der Waals surface area (Å²) in [5.74, 6) is -0.285. The van der Waals surface area contributed by atoms with Crippen molar-refractivity contribution in [2.45, 2.75) is 24.3 Å². The number of nitrogens with one attached hydrogen (secondary N) is 1. The molecule has 1 N–H and O–H groups in total. The summed E-state index contributed by atoms with van der Waals surface area (Å²) >= 11 is 0. The lowest BCUT2D eigenvalue weighted by Gasteiger charge is -2.19. The zero-order chi connectivity index (χ0) is 20.7. The zero-order valence-electron chi connectivity index (χ0n) is 16.2. The third-order valence-corrected chi connectivity index (χ3v) is 6.34. The molecule has 0 bridgehead atoms. The Kier molecular flexibility index (Phi) is 6.66.